The lowest BCUT2D eigenvalue weighted by Crippen LogP contribution is -2.34. The summed E-state index contributed by atoms with van der Waals surface area (Å²) in [6.45, 7) is 4.27. The van der Waals surface area contributed by atoms with Crippen molar-refractivity contribution in [2.24, 2.45) is 5.92 Å². The normalized spacial score (nSPS) is 15.6. The first kappa shape index (κ1) is 24.5. The van der Waals surface area contributed by atoms with E-state index in [-0.39, 0.29) is 25.2 Å². The van der Waals surface area contributed by atoms with Gasteiger partial charge in [-0.3, -0.25) is 4.79 Å². The molecule has 0 aliphatic carbocycles. The van der Waals surface area contributed by atoms with E-state index in [1.165, 1.54) is 0 Å². The first-order chi connectivity index (χ1) is 15.5. The Labute approximate surface area is 195 Å². The number of carbonyl (C=O) groups is 1. The number of hydrogen-bond donors (Lipinski definition) is 2. The number of aliphatic hydroxyl groups is 2. The average Bonchev–Trinajstić information content (AvgIpc) is 2.81. The number of Topliss-reactive ketones (excluding diaryl/α,β-unsaturated/α-hetero) is 1. The second-order valence-electron chi connectivity index (χ2n) is 8.53. The Morgan fingerprint density at radius 1 is 1.28 bits per heavy atom. The number of halogens is 1. The van der Waals surface area contributed by atoms with Gasteiger partial charge in [0.05, 0.1) is 24.3 Å². The molecule has 1 aromatic carbocycles. The fourth-order valence-corrected chi connectivity index (χ4v) is 4.24. The summed E-state index contributed by atoms with van der Waals surface area (Å²) < 4.78 is 5.91. The Kier molecular flexibility index (Phi) is 9.33. The third kappa shape index (κ3) is 7.19. The minimum absolute atomic E-state index is 0.0262. The predicted molar refractivity (Wildman–Crippen MR) is 127 cm³/mol. The topological polar surface area (TPSA) is 82.9 Å². The number of hydrogen-bond acceptors (Lipinski definition) is 6. The second kappa shape index (κ2) is 12.2. The number of anilines is 1. The number of carbonyl (C=O) groups excluding carboxylic acids is 1. The Morgan fingerprint density at radius 2 is 2.06 bits per heavy atom. The third-order valence-electron chi connectivity index (χ3n) is 6.09. The van der Waals surface area contributed by atoms with Crippen LogP contribution in [-0.2, 0) is 0 Å². The maximum atomic E-state index is 12.3. The molecule has 1 aliphatic rings. The van der Waals surface area contributed by atoms with Crippen LogP contribution in [0.4, 0.5) is 5.82 Å². The van der Waals surface area contributed by atoms with E-state index < -0.39 is 6.10 Å². The molecule has 7 heteroatoms. The fraction of sp³-hybridized carbons (Fsp3) is 0.520. The number of piperidine rings is 1. The van der Waals surface area contributed by atoms with Crippen LogP contribution in [0.25, 0.3) is 0 Å². The molecular formula is C25H33ClN2O4. The van der Waals surface area contributed by atoms with E-state index >= 15 is 0 Å². The summed E-state index contributed by atoms with van der Waals surface area (Å²) in [6.07, 6.45) is 5.80. The fourth-order valence-electron chi connectivity index (χ4n) is 4.13. The zero-order chi connectivity index (χ0) is 22.9. The molecule has 0 saturated carbocycles. The van der Waals surface area contributed by atoms with Crippen LogP contribution in [0, 0.1) is 12.8 Å². The van der Waals surface area contributed by atoms with Crippen LogP contribution >= 0.6 is 11.6 Å². The monoisotopic (exact) mass is 460 g/mol. The summed E-state index contributed by atoms with van der Waals surface area (Å²) in [5.74, 6) is 2.45. The lowest BCUT2D eigenvalue weighted by atomic mass is 9.92. The zero-order valence-electron chi connectivity index (χ0n) is 18.7. The molecule has 0 unspecified atom stereocenters. The number of ether oxygens (including phenoxy) is 1. The van der Waals surface area contributed by atoms with Crippen LogP contribution in [0.1, 0.15) is 54.4 Å². The van der Waals surface area contributed by atoms with Gasteiger partial charge in [0.15, 0.2) is 5.78 Å². The van der Waals surface area contributed by atoms with Gasteiger partial charge in [-0.15, -0.1) is 0 Å². The summed E-state index contributed by atoms with van der Waals surface area (Å²) in [5, 5.41) is 19.0. The van der Waals surface area contributed by atoms with Gasteiger partial charge in [0.1, 0.15) is 11.6 Å². The van der Waals surface area contributed by atoms with Gasteiger partial charge < -0.3 is 19.8 Å². The van der Waals surface area contributed by atoms with Gasteiger partial charge in [-0.05, 0) is 80.8 Å². The molecule has 2 N–H and O–H groups in total. The zero-order valence-corrected chi connectivity index (χ0v) is 19.4. The van der Waals surface area contributed by atoms with Crippen molar-refractivity contribution in [3.63, 3.8) is 0 Å². The van der Waals surface area contributed by atoms with Crippen LogP contribution in [0.5, 0.6) is 5.75 Å². The molecule has 0 amide bonds. The Balaban J connectivity index is 1.36. The number of aromatic nitrogens is 1. The van der Waals surface area contributed by atoms with E-state index in [0.717, 1.165) is 55.9 Å². The van der Waals surface area contributed by atoms with Crippen LogP contribution in [0.2, 0.25) is 5.02 Å². The Hall–Kier alpha value is -2.15. The van der Waals surface area contributed by atoms with E-state index in [2.05, 4.69) is 9.88 Å². The summed E-state index contributed by atoms with van der Waals surface area (Å²) in [4.78, 5) is 19.0. The summed E-state index contributed by atoms with van der Waals surface area (Å²) >= 11 is 5.92. The Morgan fingerprint density at radius 3 is 2.72 bits per heavy atom. The average molecular weight is 461 g/mol. The van der Waals surface area contributed by atoms with Crippen molar-refractivity contribution in [2.45, 2.75) is 51.6 Å². The maximum absolute atomic E-state index is 12.3. The number of nitrogens with zero attached hydrogens (tertiary/aromatic N) is 2. The number of rotatable bonds is 11. The SMILES string of the molecule is Cc1cc(OCCCC2CCN(c3ccc(Cl)cn3)CC2)ccc1C(=O)CC[C@H](O)CO. The molecule has 174 valence electrons. The highest BCUT2D eigenvalue weighted by atomic mass is 35.5. The smallest absolute Gasteiger partial charge is 0.163 e. The van der Waals surface area contributed by atoms with Gasteiger partial charge in [0.2, 0.25) is 0 Å². The van der Waals surface area contributed by atoms with Crippen molar-refractivity contribution >= 4 is 23.2 Å². The number of ketones is 1. The molecule has 32 heavy (non-hydrogen) atoms. The quantitative estimate of drug-likeness (QED) is 0.381. The lowest BCUT2D eigenvalue weighted by molar-refractivity contribution is 0.0779. The summed E-state index contributed by atoms with van der Waals surface area (Å²) in [6, 6.07) is 9.39. The van der Waals surface area contributed by atoms with Gasteiger partial charge in [0, 0.05) is 31.3 Å². The van der Waals surface area contributed by atoms with Gasteiger partial charge in [-0.2, -0.15) is 0 Å². The van der Waals surface area contributed by atoms with Crippen LogP contribution < -0.4 is 9.64 Å². The first-order valence-electron chi connectivity index (χ1n) is 11.4. The third-order valence-corrected chi connectivity index (χ3v) is 6.31. The molecule has 2 heterocycles. The van der Waals surface area contributed by atoms with Crippen molar-refractivity contribution in [1.29, 1.82) is 0 Å². The molecule has 1 saturated heterocycles. The molecule has 6 nitrogen and oxygen atoms in total. The van der Waals surface area contributed by atoms with E-state index in [0.29, 0.717) is 23.1 Å². The minimum Gasteiger partial charge on any atom is -0.494 e. The maximum Gasteiger partial charge on any atom is 0.163 e. The number of aryl methyl sites for hydroxylation is 1. The van der Waals surface area contributed by atoms with Gasteiger partial charge in [-0.1, -0.05) is 11.6 Å². The van der Waals surface area contributed by atoms with Crippen LogP contribution in [0.3, 0.4) is 0 Å². The highest BCUT2D eigenvalue weighted by Crippen LogP contribution is 2.26. The van der Waals surface area contributed by atoms with Crippen molar-refractivity contribution in [1.82, 2.24) is 4.98 Å². The number of aliphatic hydroxyl groups excluding tert-OH is 2. The molecule has 1 aliphatic heterocycles. The minimum atomic E-state index is -0.844. The first-order valence-corrected chi connectivity index (χ1v) is 11.8. The molecule has 3 rings (SSSR count). The van der Waals surface area contributed by atoms with Crippen molar-refractivity contribution < 1.29 is 19.7 Å². The molecular weight excluding hydrogens is 428 g/mol. The standard InChI is InChI=1S/C25H33ClN2O4/c1-18-15-22(6-7-23(18)24(31)8-5-21(30)17-29)32-14-2-3-19-10-12-28(13-11-19)25-9-4-20(26)16-27-25/h4,6-7,9,15-16,19,21,29-30H,2-3,5,8,10-14,17H2,1H3/t21-/m0/s1. The van der Waals surface area contributed by atoms with Crippen LogP contribution in [-0.4, -0.2) is 53.4 Å². The highest BCUT2D eigenvalue weighted by molar-refractivity contribution is 6.30. The number of benzene rings is 1. The van der Waals surface area contributed by atoms with Crippen molar-refractivity contribution in [3.05, 3.63) is 52.7 Å². The van der Waals surface area contributed by atoms with Crippen molar-refractivity contribution in [3.8, 4) is 5.75 Å². The Bertz CT molecular complexity index is 867. The van der Waals surface area contributed by atoms with Gasteiger partial charge in [0.25, 0.3) is 0 Å². The van der Waals surface area contributed by atoms with E-state index in [1.54, 1.807) is 12.3 Å². The largest absolute Gasteiger partial charge is 0.494 e. The molecule has 1 atom stereocenters. The second-order valence-corrected chi connectivity index (χ2v) is 8.97. The molecule has 0 bridgehead atoms. The van der Waals surface area contributed by atoms with E-state index in [9.17, 15) is 9.90 Å². The summed E-state index contributed by atoms with van der Waals surface area (Å²) in [5.41, 5.74) is 1.51. The molecule has 1 aromatic heterocycles. The lowest BCUT2D eigenvalue weighted by Gasteiger charge is -2.32. The molecule has 0 radical (unpaired) electrons. The molecule has 1 fully saturated rings. The van der Waals surface area contributed by atoms with E-state index in [1.807, 2.05) is 31.2 Å². The summed E-state index contributed by atoms with van der Waals surface area (Å²) in [7, 11) is 0. The van der Waals surface area contributed by atoms with E-state index in [4.69, 9.17) is 21.4 Å². The van der Waals surface area contributed by atoms with Crippen LogP contribution in [0.15, 0.2) is 36.5 Å². The predicted octanol–water partition coefficient (Wildman–Crippen LogP) is 4.44. The van der Waals surface area contributed by atoms with Gasteiger partial charge >= 0.3 is 0 Å². The van der Waals surface area contributed by atoms with Gasteiger partial charge in [-0.25, -0.2) is 4.98 Å². The number of pyridine rings is 1. The molecule has 0 spiro atoms. The molecule has 2 aromatic rings. The van der Waals surface area contributed by atoms with Crippen molar-refractivity contribution in [2.75, 3.05) is 31.2 Å². The highest BCUT2D eigenvalue weighted by Gasteiger charge is 2.20.